The monoisotopic (exact) mass is 196 g/mol. The zero-order valence-electron chi connectivity index (χ0n) is 7.07. The molecule has 1 nitrogen and oxygen atoms in total. The van der Waals surface area contributed by atoms with Gasteiger partial charge in [-0.2, -0.15) is 0 Å². The van der Waals surface area contributed by atoms with E-state index in [9.17, 15) is 0 Å². The van der Waals surface area contributed by atoms with Crippen LogP contribution in [0.1, 0.15) is 0 Å². The van der Waals surface area contributed by atoms with Crippen LogP contribution in [0.5, 0.6) is 0 Å². The van der Waals surface area contributed by atoms with Gasteiger partial charge in [-0.05, 0) is 12.1 Å². The Kier molecular flexibility index (Phi) is 1.98. The van der Waals surface area contributed by atoms with Crippen LogP contribution in [0.2, 0.25) is 0 Å². The molecule has 0 spiro atoms. The lowest BCUT2D eigenvalue weighted by Crippen LogP contribution is -2.14. The Morgan fingerprint density at radius 2 is 1.50 bits per heavy atom. The van der Waals surface area contributed by atoms with E-state index in [0.717, 1.165) is 0 Å². The van der Waals surface area contributed by atoms with Crippen molar-refractivity contribution in [1.82, 2.24) is 4.58 Å². The van der Waals surface area contributed by atoms with E-state index in [1.54, 1.807) is 0 Å². The minimum absolute atomic E-state index is 1.36. The molecular formula is C9H10NS2+. The third kappa shape index (κ3) is 1.30. The Bertz CT molecular complexity index is 424. The summed E-state index contributed by atoms with van der Waals surface area (Å²) in [5.74, 6) is 0. The number of benzene rings is 1. The highest BCUT2D eigenvalue weighted by Crippen LogP contribution is 2.19. The van der Waals surface area contributed by atoms with Gasteiger partial charge in [0.2, 0.25) is 0 Å². The topological polar surface area (TPSA) is 3.01 Å². The van der Waals surface area contributed by atoms with Crippen LogP contribution in [-0.4, -0.2) is 14.1 Å². The lowest BCUT2D eigenvalue weighted by atomic mass is 10.4. The third-order valence-electron chi connectivity index (χ3n) is 1.61. The molecule has 0 fully saturated rings. The number of hydrogen-bond acceptors (Lipinski definition) is 2. The highest BCUT2D eigenvalue weighted by Gasteiger charge is 2.00. The Balaban J connectivity index is 2.88. The predicted octanol–water partition coefficient (Wildman–Crippen LogP) is 1.99. The van der Waals surface area contributed by atoms with Crippen molar-refractivity contribution in [2.24, 2.45) is 0 Å². The summed E-state index contributed by atoms with van der Waals surface area (Å²) < 4.78 is 6.28. The fourth-order valence-corrected chi connectivity index (χ4v) is 3.34. The molecule has 2 rings (SSSR count). The van der Waals surface area contributed by atoms with E-state index >= 15 is 0 Å². The molecule has 0 aliphatic heterocycles. The Morgan fingerprint density at radius 3 is 1.92 bits per heavy atom. The van der Waals surface area contributed by atoms with Crippen LogP contribution >= 0.6 is 22.7 Å². The van der Waals surface area contributed by atoms with E-state index in [1.807, 2.05) is 22.7 Å². The van der Waals surface area contributed by atoms with Crippen molar-refractivity contribution in [2.45, 2.75) is 0 Å². The summed E-state index contributed by atoms with van der Waals surface area (Å²) in [6.07, 6.45) is 0. The van der Waals surface area contributed by atoms with E-state index in [4.69, 9.17) is 0 Å². The number of hydrogen-bond donors (Lipinski definition) is 0. The van der Waals surface area contributed by atoms with Crippen LogP contribution < -0.4 is 8.56 Å². The van der Waals surface area contributed by atoms with Crippen molar-refractivity contribution >= 4 is 32.1 Å². The van der Waals surface area contributed by atoms with Gasteiger partial charge in [-0.15, -0.1) is 0 Å². The van der Waals surface area contributed by atoms with Crippen LogP contribution in [0.25, 0.3) is 9.40 Å². The van der Waals surface area contributed by atoms with Gasteiger partial charge >= 0.3 is 3.98 Å². The Labute approximate surface area is 79.2 Å². The SMILES string of the molecule is C[N+](C)=c1sc2ccccc2s1. The molecule has 1 aromatic heterocycles. The maximum atomic E-state index is 2.17. The minimum Gasteiger partial charge on any atom is -0.217 e. The second kappa shape index (κ2) is 2.99. The number of nitrogens with zero attached hydrogens (tertiary/aromatic N) is 1. The maximum absolute atomic E-state index is 2.17. The van der Waals surface area contributed by atoms with E-state index < -0.39 is 0 Å². The second-order valence-electron chi connectivity index (χ2n) is 2.81. The summed E-state index contributed by atoms with van der Waals surface area (Å²) in [6, 6.07) is 8.52. The molecule has 0 unspecified atom stereocenters. The van der Waals surface area contributed by atoms with Crippen LogP contribution in [0, 0.1) is 0 Å². The van der Waals surface area contributed by atoms with Gasteiger partial charge in [-0.3, -0.25) is 0 Å². The molecule has 0 bridgehead atoms. The molecule has 0 aliphatic rings. The Hall–Kier alpha value is -0.670. The molecule has 0 saturated carbocycles. The lowest BCUT2D eigenvalue weighted by molar-refractivity contribution is 0.844. The Morgan fingerprint density at radius 1 is 1.00 bits per heavy atom. The van der Waals surface area contributed by atoms with Gasteiger partial charge in [0.05, 0.1) is 9.40 Å². The smallest absolute Gasteiger partial charge is 0.217 e. The number of rotatable bonds is 0. The fourth-order valence-electron chi connectivity index (χ4n) is 1.01. The molecule has 1 heterocycles. The average Bonchev–Trinajstić information content (AvgIpc) is 2.46. The van der Waals surface area contributed by atoms with Gasteiger partial charge in [0.25, 0.3) is 0 Å². The van der Waals surface area contributed by atoms with Gasteiger partial charge in [-0.25, -0.2) is 4.58 Å². The van der Waals surface area contributed by atoms with Gasteiger partial charge in [0.15, 0.2) is 0 Å². The minimum atomic E-state index is 1.36. The van der Waals surface area contributed by atoms with Crippen molar-refractivity contribution in [2.75, 3.05) is 14.1 Å². The molecular weight excluding hydrogens is 186 g/mol. The first kappa shape index (κ1) is 7.95. The van der Waals surface area contributed by atoms with E-state index in [0.29, 0.717) is 0 Å². The van der Waals surface area contributed by atoms with Gasteiger partial charge in [0, 0.05) is 0 Å². The zero-order valence-corrected chi connectivity index (χ0v) is 8.71. The van der Waals surface area contributed by atoms with Gasteiger partial charge < -0.3 is 0 Å². The highest BCUT2D eigenvalue weighted by molar-refractivity contribution is 7.35. The molecule has 12 heavy (non-hydrogen) atoms. The van der Waals surface area contributed by atoms with Crippen LogP contribution in [0.3, 0.4) is 0 Å². The first-order chi connectivity index (χ1) is 5.77. The second-order valence-corrected chi connectivity index (χ2v) is 5.13. The van der Waals surface area contributed by atoms with E-state index in [1.165, 1.54) is 13.4 Å². The van der Waals surface area contributed by atoms with Crippen LogP contribution in [-0.2, 0) is 0 Å². The van der Waals surface area contributed by atoms with Gasteiger partial charge in [-0.1, -0.05) is 34.8 Å². The summed E-state index contributed by atoms with van der Waals surface area (Å²) in [5.41, 5.74) is 0. The molecule has 1 aromatic carbocycles. The molecule has 62 valence electrons. The van der Waals surface area contributed by atoms with E-state index in [-0.39, 0.29) is 0 Å². The quantitative estimate of drug-likeness (QED) is 0.567. The summed E-state index contributed by atoms with van der Waals surface area (Å²) in [4.78, 5) is 0. The third-order valence-corrected chi connectivity index (χ3v) is 4.47. The summed E-state index contributed by atoms with van der Waals surface area (Å²) in [6.45, 7) is 0. The summed E-state index contributed by atoms with van der Waals surface area (Å²) in [5, 5.41) is 0. The molecule has 0 saturated heterocycles. The van der Waals surface area contributed by atoms with Crippen LogP contribution in [0.4, 0.5) is 0 Å². The van der Waals surface area contributed by atoms with Gasteiger partial charge in [0.1, 0.15) is 14.1 Å². The summed E-state index contributed by atoms with van der Waals surface area (Å²) >= 11 is 3.70. The van der Waals surface area contributed by atoms with Crippen LogP contribution in [0.15, 0.2) is 24.3 Å². The normalized spacial score (nSPS) is 10.5. The average molecular weight is 196 g/mol. The summed E-state index contributed by atoms with van der Waals surface area (Å²) in [7, 11) is 4.17. The van der Waals surface area contributed by atoms with Crippen molar-refractivity contribution < 1.29 is 0 Å². The lowest BCUT2D eigenvalue weighted by Gasteiger charge is -1.80. The van der Waals surface area contributed by atoms with Crippen molar-refractivity contribution in [3.63, 3.8) is 0 Å². The molecule has 0 amide bonds. The first-order valence-electron chi connectivity index (χ1n) is 3.76. The number of fused-ring (bicyclic) bond motifs is 1. The molecule has 2 aromatic rings. The molecule has 0 aliphatic carbocycles. The maximum Gasteiger partial charge on any atom is 0.314 e. The fraction of sp³-hybridized carbons (Fsp3) is 0.222. The highest BCUT2D eigenvalue weighted by atomic mass is 32.2. The van der Waals surface area contributed by atoms with Crippen molar-refractivity contribution in [3.05, 3.63) is 28.3 Å². The molecule has 3 heteroatoms. The first-order valence-corrected chi connectivity index (χ1v) is 5.39. The molecule has 0 atom stereocenters. The van der Waals surface area contributed by atoms with Crippen molar-refractivity contribution in [1.29, 1.82) is 0 Å². The molecule has 0 N–H and O–H groups in total. The van der Waals surface area contributed by atoms with E-state index in [2.05, 4.69) is 42.9 Å². The van der Waals surface area contributed by atoms with Crippen molar-refractivity contribution in [3.8, 4) is 0 Å². The predicted molar refractivity (Wildman–Crippen MR) is 56.8 cm³/mol. The standard InChI is InChI=1S/C9H10NS2/c1-10(2)9-11-7-5-3-4-6-8(7)12-9/h3-6H,1-2H3/q+1. The zero-order chi connectivity index (χ0) is 8.55. The largest absolute Gasteiger partial charge is 0.314 e. The molecule has 0 radical (unpaired) electrons.